The van der Waals surface area contributed by atoms with Gasteiger partial charge in [0.2, 0.25) is 5.95 Å². The lowest BCUT2D eigenvalue weighted by molar-refractivity contribution is 0.381. The zero-order valence-electron chi connectivity index (χ0n) is 16.3. The van der Waals surface area contributed by atoms with E-state index in [1.54, 1.807) is 18.9 Å². The van der Waals surface area contributed by atoms with E-state index in [4.69, 9.17) is 26.8 Å². The number of anilines is 2. The maximum Gasteiger partial charge on any atom is 0.222 e. The van der Waals surface area contributed by atoms with E-state index in [9.17, 15) is 0 Å². The van der Waals surface area contributed by atoms with Crippen molar-refractivity contribution in [2.75, 3.05) is 31.8 Å². The number of nitrogens with zero attached hydrogens (tertiary/aromatic N) is 4. The summed E-state index contributed by atoms with van der Waals surface area (Å²) in [5, 5.41) is 7.95. The lowest BCUT2D eigenvalue weighted by atomic mass is 10.1. The van der Waals surface area contributed by atoms with E-state index in [0.717, 1.165) is 30.5 Å². The van der Waals surface area contributed by atoms with Crippen molar-refractivity contribution in [3.63, 3.8) is 0 Å². The molecular weight excluding hydrogens is 380 g/mol. The smallest absolute Gasteiger partial charge is 0.222 e. The molecule has 0 aliphatic rings. The number of halogens is 1. The van der Waals surface area contributed by atoms with Gasteiger partial charge in [0, 0.05) is 12.4 Å². The lowest BCUT2D eigenvalue weighted by Crippen LogP contribution is -2.07. The quantitative estimate of drug-likeness (QED) is 0.416. The van der Waals surface area contributed by atoms with Crippen LogP contribution in [-0.4, -0.2) is 40.5 Å². The van der Waals surface area contributed by atoms with Gasteiger partial charge in [-0.2, -0.15) is 10.1 Å². The zero-order chi connectivity index (χ0) is 20.1. The van der Waals surface area contributed by atoms with Crippen molar-refractivity contribution in [1.29, 1.82) is 0 Å². The van der Waals surface area contributed by atoms with Gasteiger partial charge < -0.3 is 20.5 Å². The van der Waals surface area contributed by atoms with E-state index >= 15 is 0 Å². The summed E-state index contributed by atoms with van der Waals surface area (Å²) in [7, 11) is 3.25. The maximum atomic E-state index is 5.97. The van der Waals surface area contributed by atoms with Crippen molar-refractivity contribution >= 4 is 34.4 Å². The number of alkyl halides is 1. The van der Waals surface area contributed by atoms with Crippen LogP contribution in [0, 0.1) is 0 Å². The molecule has 0 fully saturated rings. The van der Waals surface area contributed by atoms with Crippen molar-refractivity contribution in [2.45, 2.75) is 32.2 Å². The van der Waals surface area contributed by atoms with Crippen molar-refractivity contribution in [2.24, 2.45) is 0 Å². The Morgan fingerprint density at radius 1 is 1.18 bits per heavy atom. The fraction of sp³-hybridized carbons (Fsp3) is 0.421. The first-order valence-electron chi connectivity index (χ1n) is 9.13. The van der Waals surface area contributed by atoms with Crippen LogP contribution in [0.1, 0.15) is 30.9 Å². The maximum absolute atomic E-state index is 5.97. The first-order valence-corrected chi connectivity index (χ1v) is 9.67. The Hall–Kier alpha value is -2.74. The molecule has 0 amide bonds. The van der Waals surface area contributed by atoms with Crippen molar-refractivity contribution < 1.29 is 9.47 Å². The number of nitrogen functional groups attached to an aromatic ring is 1. The Bertz CT molecular complexity index is 934. The molecule has 2 heterocycles. The molecule has 150 valence electrons. The summed E-state index contributed by atoms with van der Waals surface area (Å²) in [6.07, 6.45) is 3.96. The summed E-state index contributed by atoms with van der Waals surface area (Å²) in [5.74, 6) is 2.63. The number of hydrogen-bond donors (Lipinski definition) is 2. The minimum atomic E-state index is 0.215. The molecule has 3 aromatic rings. The van der Waals surface area contributed by atoms with Crippen molar-refractivity contribution in [3.8, 4) is 11.5 Å². The number of nitrogens with two attached hydrogens (primary N) is 1. The molecule has 0 radical (unpaired) electrons. The topological polar surface area (TPSA) is 100 Å². The summed E-state index contributed by atoms with van der Waals surface area (Å²) in [6.45, 7) is 3.38. The third-order valence-electron chi connectivity index (χ3n) is 4.39. The molecule has 3 rings (SSSR count). The van der Waals surface area contributed by atoms with Crippen molar-refractivity contribution in [3.05, 3.63) is 29.5 Å². The van der Waals surface area contributed by atoms with Crippen LogP contribution in [0.4, 0.5) is 11.8 Å². The van der Waals surface area contributed by atoms with E-state index in [1.165, 1.54) is 0 Å². The molecule has 0 saturated carbocycles. The predicted octanol–water partition coefficient (Wildman–Crippen LogP) is 3.42. The summed E-state index contributed by atoms with van der Waals surface area (Å²) in [5.41, 5.74) is 9.02. The molecule has 0 spiro atoms. The molecule has 0 aliphatic heterocycles. The van der Waals surface area contributed by atoms with Crippen LogP contribution in [0.15, 0.2) is 18.3 Å². The Morgan fingerprint density at radius 3 is 2.50 bits per heavy atom. The van der Waals surface area contributed by atoms with Crippen molar-refractivity contribution in [1.82, 2.24) is 19.7 Å². The van der Waals surface area contributed by atoms with Crippen LogP contribution in [0.25, 0.3) is 11.0 Å². The van der Waals surface area contributed by atoms with Gasteiger partial charge in [-0.3, -0.25) is 4.68 Å². The van der Waals surface area contributed by atoms with Gasteiger partial charge in [0.25, 0.3) is 0 Å². The fourth-order valence-corrected chi connectivity index (χ4v) is 3.15. The molecule has 0 unspecified atom stereocenters. The van der Waals surface area contributed by atoms with E-state index in [1.807, 2.05) is 18.3 Å². The van der Waals surface area contributed by atoms with Gasteiger partial charge in [-0.25, -0.2) is 4.98 Å². The third kappa shape index (κ3) is 4.22. The van der Waals surface area contributed by atoms with Gasteiger partial charge in [-0.1, -0.05) is 13.3 Å². The largest absolute Gasteiger partial charge is 0.496 e. The van der Waals surface area contributed by atoms with Crippen LogP contribution in [0.5, 0.6) is 11.5 Å². The predicted molar refractivity (Wildman–Crippen MR) is 111 cm³/mol. The highest BCUT2D eigenvalue weighted by molar-refractivity contribution is 6.17. The summed E-state index contributed by atoms with van der Waals surface area (Å²) in [4.78, 5) is 8.60. The third-order valence-corrected chi connectivity index (χ3v) is 4.70. The number of fused-ring (bicyclic) bond motifs is 1. The van der Waals surface area contributed by atoms with Crippen LogP contribution in [0.2, 0.25) is 0 Å². The molecule has 0 saturated heterocycles. The number of ether oxygens (including phenoxy) is 2. The highest BCUT2D eigenvalue weighted by Crippen LogP contribution is 2.32. The summed E-state index contributed by atoms with van der Waals surface area (Å²) in [6, 6.07) is 3.81. The number of aromatic nitrogens is 4. The molecular formula is C19H25ClN6O2. The van der Waals surface area contributed by atoms with Gasteiger partial charge >= 0.3 is 0 Å². The number of nitrogens with one attached hydrogen (secondary N) is 1. The van der Waals surface area contributed by atoms with E-state index < -0.39 is 0 Å². The van der Waals surface area contributed by atoms with Gasteiger partial charge in [0.1, 0.15) is 17.0 Å². The molecule has 9 heteroatoms. The zero-order valence-corrected chi connectivity index (χ0v) is 17.1. The Kier molecular flexibility index (Phi) is 6.41. The highest BCUT2D eigenvalue weighted by Gasteiger charge is 2.16. The van der Waals surface area contributed by atoms with E-state index in [0.29, 0.717) is 40.8 Å². The molecule has 0 aliphatic carbocycles. The van der Waals surface area contributed by atoms with Gasteiger partial charge in [-0.15, -0.1) is 11.6 Å². The molecule has 2 aromatic heterocycles. The normalized spacial score (nSPS) is 11.0. The van der Waals surface area contributed by atoms with Crippen LogP contribution >= 0.6 is 11.6 Å². The van der Waals surface area contributed by atoms with Gasteiger partial charge in [-0.05, 0) is 24.1 Å². The van der Waals surface area contributed by atoms with Crippen LogP contribution in [-0.2, 0) is 12.4 Å². The minimum absolute atomic E-state index is 0.215. The van der Waals surface area contributed by atoms with Gasteiger partial charge in [0.05, 0.1) is 32.5 Å². The SMILES string of the molecule is CCCCNc1nc(N)nc2cn(Cc3c(OC)cc(CCl)cc3OC)nc12. The second-order valence-electron chi connectivity index (χ2n) is 6.38. The highest BCUT2D eigenvalue weighted by atomic mass is 35.5. The summed E-state index contributed by atoms with van der Waals surface area (Å²) < 4.78 is 12.9. The molecule has 1 aromatic carbocycles. The average molecular weight is 405 g/mol. The molecule has 0 atom stereocenters. The Labute approximate surface area is 169 Å². The Balaban J connectivity index is 1.98. The first kappa shape index (κ1) is 20.0. The average Bonchev–Trinajstić information content (AvgIpc) is 3.10. The first-order chi connectivity index (χ1) is 13.6. The lowest BCUT2D eigenvalue weighted by Gasteiger charge is -2.14. The standard InChI is InChI=1S/C19H25ClN6O2/c1-4-5-6-22-18-17-14(23-19(21)24-18)11-26(25-17)10-13-15(27-2)7-12(9-20)8-16(13)28-3/h7-8,11H,4-6,9-10H2,1-3H3,(H3,21,22,23,24). The number of unbranched alkanes of at least 4 members (excludes halogenated alkanes) is 1. The second kappa shape index (κ2) is 8.97. The number of methoxy groups -OCH3 is 2. The second-order valence-corrected chi connectivity index (χ2v) is 6.65. The van der Waals surface area contributed by atoms with Crippen LogP contribution < -0.4 is 20.5 Å². The molecule has 8 nitrogen and oxygen atoms in total. The van der Waals surface area contributed by atoms with E-state index in [-0.39, 0.29) is 5.95 Å². The van der Waals surface area contributed by atoms with Crippen LogP contribution in [0.3, 0.4) is 0 Å². The molecule has 28 heavy (non-hydrogen) atoms. The number of hydrogen-bond acceptors (Lipinski definition) is 7. The van der Waals surface area contributed by atoms with Gasteiger partial charge in [0.15, 0.2) is 11.3 Å². The summed E-state index contributed by atoms with van der Waals surface area (Å²) >= 11 is 5.97. The monoisotopic (exact) mass is 404 g/mol. The Morgan fingerprint density at radius 2 is 1.89 bits per heavy atom. The molecule has 3 N–H and O–H groups in total. The number of rotatable bonds is 9. The number of benzene rings is 1. The minimum Gasteiger partial charge on any atom is -0.496 e. The molecule has 0 bridgehead atoms. The fourth-order valence-electron chi connectivity index (χ4n) is 3.00. The van der Waals surface area contributed by atoms with E-state index in [2.05, 4.69) is 27.3 Å².